The number of halogens is 2. The van der Waals surface area contributed by atoms with Crippen molar-refractivity contribution < 1.29 is 19.0 Å². The van der Waals surface area contributed by atoms with Gasteiger partial charge in [-0.2, -0.15) is 0 Å². The average molecular weight is 610 g/mol. The summed E-state index contributed by atoms with van der Waals surface area (Å²) < 4.78 is 19.0. The third-order valence-corrected chi connectivity index (χ3v) is 8.11. The number of aromatic nitrogens is 1. The van der Waals surface area contributed by atoms with Crippen LogP contribution in [0.5, 0.6) is 11.5 Å². The molecule has 0 saturated heterocycles. The summed E-state index contributed by atoms with van der Waals surface area (Å²) in [4.78, 5) is 32.2. The molecule has 3 aromatic carbocycles. The summed E-state index contributed by atoms with van der Waals surface area (Å²) in [6.07, 6.45) is 1.75. The summed E-state index contributed by atoms with van der Waals surface area (Å²) in [6.45, 7) is 3.92. The van der Waals surface area contributed by atoms with E-state index in [0.29, 0.717) is 47.7 Å². The van der Waals surface area contributed by atoms with E-state index in [9.17, 15) is 9.59 Å². The van der Waals surface area contributed by atoms with E-state index in [4.69, 9.17) is 37.4 Å². The van der Waals surface area contributed by atoms with Gasteiger partial charge in [-0.15, -0.1) is 0 Å². The van der Waals surface area contributed by atoms with Gasteiger partial charge < -0.3 is 14.2 Å². The number of hydrogen-bond donors (Lipinski definition) is 0. The molecule has 0 saturated carbocycles. The van der Waals surface area contributed by atoms with Crippen LogP contribution in [0.1, 0.15) is 36.6 Å². The zero-order valence-corrected chi connectivity index (χ0v) is 24.8. The van der Waals surface area contributed by atoms with Crippen LogP contribution in [0.25, 0.3) is 6.08 Å². The first-order valence-corrected chi connectivity index (χ1v) is 14.4. The molecule has 5 rings (SSSR count). The Hall–Kier alpha value is -3.85. The molecule has 41 heavy (non-hydrogen) atoms. The van der Waals surface area contributed by atoms with Gasteiger partial charge in [0.1, 0.15) is 12.6 Å². The van der Waals surface area contributed by atoms with Gasteiger partial charge in [0.2, 0.25) is 0 Å². The summed E-state index contributed by atoms with van der Waals surface area (Å²) in [7, 11) is 1.56. The van der Waals surface area contributed by atoms with Gasteiger partial charge in [0, 0.05) is 15.6 Å². The molecule has 1 aliphatic rings. The lowest BCUT2D eigenvalue weighted by Gasteiger charge is -2.25. The van der Waals surface area contributed by atoms with Crippen molar-refractivity contribution in [2.45, 2.75) is 26.5 Å². The molecule has 1 aromatic heterocycles. The topological polar surface area (TPSA) is 79.1 Å². The van der Waals surface area contributed by atoms with Crippen molar-refractivity contribution in [2.24, 2.45) is 4.99 Å². The van der Waals surface area contributed by atoms with Crippen molar-refractivity contribution in [3.63, 3.8) is 0 Å². The Morgan fingerprint density at radius 1 is 1.07 bits per heavy atom. The van der Waals surface area contributed by atoms with Crippen LogP contribution in [0.2, 0.25) is 10.0 Å². The Bertz CT molecular complexity index is 1830. The van der Waals surface area contributed by atoms with Crippen molar-refractivity contribution >= 4 is 46.6 Å². The summed E-state index contributed by atoms with van der Waals surface area (Å²) in [5, 5.41) is 1.06. The molecule has 0 amide bonds. The van der Waals surface area contributed by atoms with Crippen LogP contribution in [0.4, 0.5) is 0 Å². The maximum atomic E-state index is 14.0. The predicted octanol–water partition coefficient (Wildman–Crippen LogP) is 5.69. The summed E-state index contributed by atoms with van der Waals surface area (Å²) in [5.41, 5.74) is 2.60. The first-order valence-electron chi connectivity index (χ1n) is 12.8. The quantitative estimate of drug-likeness (QED) is 0.240. The highest BCUT2D eigenvalue weighted by Gasteiger charge is 2.34. The van der Waals surface area contributed by atoms with E-state index >= 15 is 0 Å². The largest absolute Gasteiger partial charge is 0.493 e. The van der Waals surface area contributed by atoms with E-state index in [1.165, 1.54) is 15.9 Å². The Labute approximate surface area is 250 Å². The smallest absolute Gasteiger partial charge is 0.338 e. The average Bonchev–Trinajstić information content (AvgIpc) is 3.26. The zero-order valence-electron chi connectivity index (χ0n) is 22.5. The van der Waals surface area contributed by atoms with Gasteiger partial charge in [-0.3, -0.25) is 9.36 Å². The van der Waals surface area contributed by atoms with Crippen LogP contribution >= 0.6 is 34.5 Å². The molecule has 2 heterocycles. The monoisotopic (exact) mass is 608 g/mol. The second-order valence-electron chi connectivity index (χ2n) is 9.12. The van der Waals surface area contributed by atoms with Gasteiger partial charge in [-0.1, -0.05) is 77.0 Å². The highest BCUT2D eigenvalue weighted by Crippen LogP contribution is 2.35. The Morgan fingerprint density at radius 2 is 1.83 bits per heavy atom. The number of thiazole rings is 1. The Morgan fingerprint density at radius 3 is 2.54 bits per heavy atom. The van der Waals surface area contributed by atoms with Crippen LogP contribution in [0.15, 0.2) is 87.8 Å². The van der Waals surface area contributed by atoms with Gasteiger partial charge in [-0.05, 0) is 55.3 Å². The van der Waals surface area contributed by atoms with E-state index in [0.717, 1.165) is 5.56 Å². The second-order valence-corrected chi connectivity index (χ2v) is 11.0. The molecule has 0 fully saturated rings. The van der Waals surface area contributed by atoms with Crippen molar-refractivity contribution in [2.75, 3.05) is 13.7 Å². The molecular weight excluding hydrogens is 583 g/mol. The number of rotatable bonds is 8. The maximum Gasteiger partial charge on any atom is 0.338 e. The van der Waals surface area contributed by atoms with Crippen molar-refractivity contribution in [1.82, 2.24) is 4.57 Å². The van der Waals surface area contributed by atoms with Crippen LogP contribution < -0.4 is 24.4 Å². The SMILES string of the molecule is CCOC(=O)C1=C(C)N=c2s/c(=C\c3cccc(OC)c3OCc3ccc(Cl)cc3)c(=O)n2[C@H]1c1ccccc1Cl. The number of ether oxygens (including phenoxy) is 3. The molecule has 210 valence electrons. The zero-order chi connectivity index (χ0) is 29.1. The van der Waals surface area contributed by atoms with E-state index in [-0.39, 0.29) is 24.3 Å². The number of carbonyl (C=O) groups is 1. The first-order chi connectivity index (χ1) is 19.8. The molecule has 0 radical (unpaired) electrons. The fourth-order valence-corrected chi connectivity index (χ4v) is 6.02. The number of methoxy groups -OCH3 is 1. The Kier molecular flexibility index (Phi) is 8.63. The van der Waals surface area contributed by atoms with E-state index in [1.807, 2.05) is 30.3 Å². The number of carbonyl (C=O) groups excluding carboxylic acids is 1. The first kappa shape index (κ1) is 28.7. The van der Waals surface area contributed by atoms with Crippen molar-refractivity contribution in [3.8, 4) is 11.5 Å². The molecule has 1 atom stereocenters. The summed E-state index contributed by atoms with van der Waals surface area (Å²) in [6, 6.07) is 19.2. The van der Waals surface area contributed by atoms with Gasteiger partial charge in [0.25, 0.3) is 5.56 Å². The number of nitrogens with zero attached hydrogens (tertiary/aromatic N) is 2. The third kappa shape index (κ3) is 5.81. The number of para-hydroxylation sites is 1. The normalized spacial score (nSPS) is 14.9. The molecule has 7 nitrogen and oxygen atoms in total. The molecule has 10 heteroatoms. The lowest BCUT2D eigenvalue weighted by Crippen LogP contribution is -2.40. The molecular formula is C31H26Cl2N2O5S. The van der Waals surface area contributed by atoms with Crippen molar-refractivity contribution in [3.05, 3.63) is 124 Å². The molecule has 1 aliphatic heterocycles. The summed E-state index contributed by atoms with van der Waals surface area (Å²) in [5.74, 6) is 0.468. The number of esters is 1. The Balaban J connectivity index is 1.64. The van der Waals surface area contributed by atoms with Crippen LogP contribution in [-0.2, 0) is 16.1 Å². The molecule has 0 bridgehead atoms. The number of benzene rings is 3. The number of allylic oxidation sites excluding steroid dienone is 1. The minimum atomic E-state index is -0.799. The summed E-state index contributed by atoms with van der Waals surface area (Å²) >= 11 is 13.8. The molecule has 0 aliphatic carbocycles. The third-order valence-electron chi connectivity index (χ3n) is 6.53. The van der Waals surface area contributed by atoms with Crippen LogP contribution in [-0.4, -0.2) is 24.3 Å². The fourth-order valence-electron chi connectivity index (χ4n) is 4.62. The maximum absolute atomic E-state index is 14.0. The fraction of sp³-hybridized carbons (Fsp3) is 0.194. The molecule has 0 unspecified atom stereocenters. The standard InChI is InChI=1S/C31H26Cl2N2O5S/c1-4-39-30(37)26-18(2)34-31-35(27(26)22-9-5-6-10-23(22)33)29(36)25(41-31)16-20-8-7-11-24(38-3)28(20)40-17-19-12-14-21(32)15-13-19/h5-16,27H,4,17H2,1-3H3/b25-16-/t27-/m0/s1. The van der Waals surface area contributed by atoms with Gasteiger partial charge in [0.15, 0.2) is 16.3 Å². The minimum Gasteiger partial charge on any atom is -0.493 e. The van der Waals surface area contributed by atoms with Gasteiger partial charge in [0.05, 0.1) is 29.5 Å². The molecule has 0 N–H and O–H groups in total. The minimum absolute atomic E-state index is 0.184. The molecule has 0 spiro atoms. The highest BCUT2D eigenvalue weighted by atomic mass is 35.5. The second kappa shape index (κ2) is 12.3. The lowest BCUT2D eigenvalue weighted by atomic mass is 9.96. The number of fused-ring (bicyclic) bond motifs is 1. The van der Waals surface area contributed by atoms with E-state index < -0.39 is 12.0 Å². The number of hydrogen-bond acceptors (Lipinski definition) is 7. The van der Waals surface area contributed by atoms with E-state index in [2.05, 4.69) is 4.99 Å². The molecule has 4 aromatic rings. The van der Waals surface area contributed by atoms with Gasteiger partial charge in [-0.25, -0.2) is 9.79 Å². The van der Waals surface area contributed by atoms with Crippen molar-refractivity contribution in [1.29, 1.82) is 0 Å². The van der Waals surface area contributed by atoms with E-state index in [1.54, 1.807) is 63.4 Å². The van der Waals surface area contributed by atoms with Crippen LogP contribution in [0, 0.1) is 0 Å². The van der Waals surface area contributed by atoms with Gasteiger partial charge >= 0.3 is 5.97 Å². The highest BCUT2D eigenvalue weighted by molar-refractivity contribution is 7.07. The predicted molar refractivity (Wildman–Crippen MR) is 161 cm³/mol. The lowest BCUT2D eigenvalue weighted by molar-refractivity contribution is -0.139. The van der Waals surface area contributed by atoms with Crippen LogP contribution in [0.3, 0.4) is 0 Å².